The minimum Gasteiger partial charge on any atom is -0.380 e. The number of benzene rings is 1. The first-order chi connectivity index (χ1) is 8.20. The van der Waals surface area contributed by atoms with Crippen LogP contribution < -0.4 is 0 Å². The lowest BCUT2D eigenvalue weighted by Gasteiger charge is -2.16. The predicted molar refractivity (Wildman–Crippen MR) is 63.7 cm³/mol. The van der Waals surface area contributed by atoms with E-state index in [1.165, 1.54) is 0 Å². The van der Waals surface area contributed by atoms with Crippen molar-refractivity contribution in [3.05, 3.63) is 47.5 Å². The zero-order valence-electron chi connectivity index (χ0n) is 9.43. The van der Waals surface area contributed by atoms with E-state index in [4.69, 9.17) is 0 Å². The monoisotopic (exact) mass is 230 g/mol. The first-order valence-corrected chi connectivity index (χ1v) is 5.70. The first kappa shape index (κ1) is 11.7. The topological polar surface area (TPSA) is 54.4 Å². The van der Waals surface area contributed by atoms with Gasteiger partial charge in [0, 0.05) is 17.6 Å². The number of ketones is 2. The van der Waals surface area contributed by atoms with Crippen LogP contribution in [0.15, 0.2) is 42.0 Å². The van der Waals surface area contributed by atoms with Crippen LogP contribution in [0.1, 0.15) is 29.6 Å². The Bertz CT molecular complexity index is 460. The zero-order valence-corrected chi connectivity index (χ0v) is 9.43. The second kappa shape index (κ2) is 5.06. The third-order valence-corrected chi connectivity index (χ3v) is 2.90. The van der Waals surface area contributed by atoms with Gasteiger partial charge in [-0.15, -0.1) is 0 Å². The van der Waals surface area contributed by atoms with Crippen LogP contribution in [0, 0.1) is 0 Å². The summed E-state index contributed by atoms with van der Waals surface area (Å²) in [6.45, 7) is 0. The SMILES string of the molecule is O=C1CCCC=C1C(O)C(=O)c1ccccc1. The summed E-state index contributed by atoms with van der Waals surface area (Å²) < 4.78 is 0. The number of hydrogen-bond acceptors (Lipinski definition) is 3. The maximum Gasteiger partial charge on any atom is 0.195 e. The van der Waals surface area contributed by atoms with E-state index in [2.05, 4.69) is 0 Å². The lowest BCUT2D eigenvalue weighted by atomic mass is 9.90. The van der Waals surface area contributed by atoms with E-state index >= 15 is 0 Å². The second-order valence-corrected chi connectivity index (χ2v) is 4.11. The highest BCUT2D eigenvalue weighted by Crippen LogP contribution is 2.19. The summed E-state index contributed by atoms with van der Waals surface area (Å²) in [6, 6.07) is 8.54. The molecule has 0 saturated carbocycles. The number of aliphatic hydroxyl groups is 1. The Morgan fingerprint density at radius 3 is 2.59 bits per heavy atom. The minimum atomic E-state index is -1.31. The molecular weight excluding hydrogens is 216 g/mol. The molecule has 2 rings (SSSR count). The highest BCUT2D eigenvalue weighted by Gasteiger charge is 2.27. The van der Waals surface area contributed by atoms with Crippen molar-refractivity contribution in [1.82, 2.24) is 0 Å². The maximum absolute atomic E-state index is 11.9. The van der Waals surface area contributed by atoms with Gasteiger partial charge in [-0.1, -0.05) is 36.4 Å². The quantitative estimate of drug-likeness (QED) is 0.807. The third kappa shape index (κ3) is 2.50. The number of carbonyl (C=O) groups excluding carboxylic acids is 2. The highest BCUT2D eigenvalue weighted by atomic mass is 16.3. The molecule has 0 saturated heterocycles. The van der Waals surface area contributed by atoms with Crippen molar-refractivity contribution in [2.24, 2.45) is 0 Å². The van der Waals surface area contributed by atoms with Gasteiger partial charge >= 0.3 is 0 Å². The molecule has 0 heterocycles. The molecule has 1 aromatic rings. The van der Waals surface area contributed by atoms with Gasteiger partial charge in [-0.2, -0.15) is 0 Å². The van der Waals surface area contributed by atoms with Crippen LogP contribution in [-0.2, 0) is 4.79 Å². The first-order valence-electron chi connectivity index (χ1n) is 5.70. The van der Waals surface area contributed by atoms with Crippen LogP contribution in [0.2, 0.25) is 0 Å². The van der Waals surface area contributed by atoms with Crippen LogP contribution in [0.4, 0.5) is 0 Å². The van der Waals surface area contributed by atoms with Crippen molar-refractivity contribution in [3.8, 4) is 0 Å². The molecule has 0 radical (unpaired) electrons. The van der Waals surface area contributed by atoms with Crippen LogP contribution in [0.25, 0.3) is 0 Å². The van der Waals surface area contributed by atoms with Gasteiger partial charge < -0.3 is 5.11 Å². The predicted octanol–water partition coefficient (Wildman–Crippen LogP) is 1.91. The molecule has 17 heavy (non-hydrogen) atoms. The summed E-state index contributed by atoms with van der Waals surface area (Å²) >= 11 is 0. The molecule has 88 valence electrons. The fourth-order valence-corrected chi connectivity index (χ4v) is 1.94. The van der Waals surface area contributed by atoms with E-state index in [1.54, 1.807) is 36.4 Å². The van der Waals surface area contributed by atoms with Crippen LogP contribution in [0.3, 0.4) is 0 Å². The van der Waals surface area contributed by atoms with Crippen LogP contribution in [-0.4, -0.2) is 22.8 Å². The number of rotatable bonds is 3. The Morgan fingerprint density at radius 2 is 1.94 bits per heavy atom. The number of carbonyl (C=O) groups is 2. The number of allylic oxidation sites excluding steroid dienone is 1. The van der Waals surface area contributed by atoms with E-state index in [-0.39, 0.29) is 11.4 Å². The van der Waals surface area contributed by atoms with Crippen molar-refractivity contribution in [2.45, 2.75) is 25.4 Å². The Balaban J connectivity index is 2.21. The molecule has 1 aromatic carbocycles. The Morgan fingerprint density at radius 1 is 1.24 bits per heavy atom. The van der Waals surface area contributed by atoms with E-state index in [0.717, 1.165) is 12.8 Å². The smallest absolute Gasteiger partial charge is 0.195 e. The Labute approximate surface area is 99.8 Å². The zero-order chi connectivity index (χ0) is 12.3. The molecule has 0 spiro atoms. The standard InChI is InChI=1S/C14H14O3/c15-12-9-5-4-8-11(12)14(17)13(16)10-6-2-1-3-7-10/h1-3,6-8,14,17H,4-5,9H2. The van der Waals surface area contributed by atoms with Crippen molar-refractivity contribution >= 4 is 11.6 Å². The molecule has 0 amide bonds. The normalized spacial score (nSPS) is 17.5. The van der Waals surface area contributed by atoms with Crippen molar-refractivity contribution in [3.63, 3.8) is 0 Å². The molecule has 1 unspecified atom stereocenters. The van der Waals surface area contributed by atoms with Gasteiger partial charge in [-0.3, -0.25) is 9.59 Å². The van der Waals surface area contributed by atoms with Gasteiger partial charge in [0.05, 0.1) is 0 Å². The lowest BCUT2D eigenvalue weighted by Crippen LogP contribution is -2.28. The van der Waals surface area contributed by atoms with Gasteiger partial charge in [-0.25, -0.2) is 0 Å². The Kier molecular flexibility index (Phi) is 3.49. The lowest BCUT2D eigenvalue weighted by molar-refractivity contribution is -0.116. The van der Waals surface area contributed by atoms with Gasteiger partial charge in [0.15, 0.2) is 11.6 Å². The second-order valence-electron chi connectivity index (χ2n) is 4.11. The maximum atomic E-state index is 11.9. The molecule has 3 heteroatoms. The fourth-order valence-electron chi connectivity index (χ4n) is 1.94. The summed E-state index contributed by atoms with van der Waals surface area (Å²) in [5.41, 5.74) is 0.685. The van der Waals surface area contributed by atoms with Gasteiger partial charge in [0.2, 0.25) is 0 Å². The van der Waals surface area contributed by atoms with E-state index in [0.29, 0.717) is 12.0 Å². The number of aliphatic hydroxyl groups excluding tert-OH is 1. The van der Waals surface area contributed by atoms with Crippen molar-refractivity contribution in [1.29, 1.82) is 0 Å². The molecule has 1 atom stereocenters. The fraction of sp³-hybridized carbons (Fsp3) is 0.286. The summed E-state index contributed by atoms with van der Waals surface area (Å²) in [7, 11) is 0. The van der Waals surface area contributed by atoms with Gasteiger partial charge in [0.1, 0.15) is 6.10 Å². The van der Waals surface area contributed by atoms with Gasteiger partial charge in [0.25, 0.3) is 0 Å². The van der Waals surface area contributed by atoms with Crippen LogP contribution >= 0.6 is 0 Å². The number of Topliss-reactive ketones (excluding diaryl/α,β-unsaturated/α-hetero) is 2. The molecule has 0 aliphatic heterocycles. The molecular formula is C14H14O3. The van der Waals surface area contributed by atoms with E-state index in [1.807, 2.05) is 0 Å². The molecule has 3 nitrogen and oxygen atoms in total. The largest absolute Gasteiger partial charge is 0.380 e. The summed E-state index contributed by atoms with van der Waals surface area (Å²) in [5, 5.41) is 9.93. The molecule has 1 N–H and O–H groups in total. The van der Waals surface area contributed by atoms with E-state index in [9.17, 15) is 14.7 Å². The molecule has 1 aliphatic rings. The number of hydrogen-bond donors (Lipinski definition) is 1. The minimum absolute atomic E-state index is 0.118. The van der Waals surface area contributed by atoms with Crippen molar-refractivity contribution < 1.29 is 14.7 Å². The van der Waals surface area contributed by atoms with Crippen LogP contribution in [0.5, 0.6) is 0 Å². The third-order valence-electron chi connectivity index (χ3n) is 2.90. The summed E-state index contributed by atoms with van der Waals surface area (Å²) in [6.07, 6.45) is 2.34. The van der Waals surface area contributed by atoms with E-state index < -0.39 is 11.9 Å². The molecule has 1 aliphatic carbocycles. The average molecular weight is 230 g/mol. The van der Waals surface area contributed by atoms with Crippen molar-refractivity contribution in [2.75, 3.05) is 0 Å². The molecule has 0 bridgehead atoms. The average Bonchev–Trinajstić information content (AvgIpc) is 2.39. The molecule has 0 fully saturated rings. The summed E-state index contributed by atoms with van der Waals surface area (Å²) in [4.78, 5) is 23.5. The van der Waals surface area contributed by atoms with Gasteiger partial charge in [-0.05, 0) is 12.8 Å². The molecule has 0 aromatic heterocycles. The summed E-state index contributed by atoms with van der Waals surface area (Å²) in [5.74, 6) is -0.528. The Hall–Kier alpha value is -1.74. The highest BCUT2D eigenvalue weighted by molar-refractivity contribution is 6.09.